The summed E-state index contributed by atoms with van der Waals surface area (Å²) in [7, 11) is 0. The van der Waals surface area contributed by atoms with Crippen molar-refractivity contribution in [2.45, 2.75) is 24.7 Å². The van der Waals surface area contributed by atoms with Crippen LogP contribution in [-0.4, -0.2) is 55.6 Å². The number of hydrogen-bond donors (Lipinski definition) is 4. The third-order valence-electron chi connectivity index (χ3n) is 6.44. The van der Waals surface area contributed by atoms with E-state index in [1.165, 1.54) is 0 Å². The number of nitrogens with zero attached hydrogens (tertiary/aromatic N) is 5. The summed E-state index contributed by atoms with van der Waals surface area (Å²) in [5.41, 5.74) is 8.93. The van der Waals surface area contributed by atoms with Crippen molar-refractivity contribution < 1.29 is 9.90 Å². The lowest BCUT2D eigenvalue weighted by atomic mass is 9.88. The normalized spacial score (nSPS) is 20.3. The van der Waals surface area contributed by atoms with Crippen LogP contribution in [0.15, 0.2) is 48.8 Å². The van der Waals surface area contributed by atoms with E-state index in [-0.39, 0.29) is 5.91 Å². The van der Waals surface area contributed by atoms with Crippen LogP contribution in [0.25, 0.3) is 27.7 Å². The first-order valence-electron chi connectivity index (χ1n) is 10.5. The molecule has 0 bridgehead atoms. The standard InChI is InChI=1S/C22H22N8O2/c23-17-10-18(29-7-5-22(6-8-29)20(31)27-21(32)28-22)26-19-15(12-25-30(17)19)14-9-13-3-1-2-4-16(13)24-11-14/h1-4,9-12,21,28,32H,5-8,23H2,(H,27,31). The van der Waals surface area contributed by atoms with Gasteiger partial charge in [-0.25, -0.2) is 4.98 Å². The number of nitrogen functional groups attached to an aromatic ring is 1. The number of rotatable bonds is 2. The number of nitrogens with two attached hydrogens (primary N) is 1. The number of carbonyl (C=O) groups excluding carboxylic acids is 1. The van der Waals surface area contributed by atoms with E-state index in [4.69, 9.17) is 10.7 Å². The molecule has 5 N–H and O–H groups in total. The molecule has 1 atom stereocenters. The summed E-state index contributed by atoms with van der Waals surface area (Å²) < 4.78 is 1.63. The van der Waals surface area contributed by atoms with Crippen LogP contribution in [0, 0.1) is 0 Å². The van der Waals surface area contributed by atoms with Crippen LogP contribution < -0.4 is 21.3 Å². The van der Waals surface area contributed by atoms with Gasteiger partial charge in [0.15, 0.2) is 12.0 Å². The van der Waals surface area contributed by atoms with Gasteiger partial charge in [0.1, 0.15) is 17.2 Å². The van der Waals surface area contributed by atoms with E-state index in [2.05, 4.69) is 31.7 Å². The summed E-state index contributed by atoms with van der Waals surface area (Å²) in [6.45, 7) is 1.22. The summed E-state index contributed by atoms with van der Waals surface area (Å²) in [6.07, 6.45) is 3.70. The molecule has 3 aromatic heterocycles. The highest BCUT2D eigenvalue weighted by molar-refractivity contribution is 5.89. The third kappa shape index (κ3) is 2.88. The summed E-state index contributed by atoms with van der Waals surface area (Å²) in [5, 5.41) is 20.7. The molecule has 1 spiro atoms. The quantitative estimate of drug-likeness (QED) is 0.368. The number of hydrogen-bond acceptors (Lipinski definition) is 8. The molecule has 6 rings (SSSR count). The average Bonchev–Trinajstić information content (AvgIpc) is 3.34. The second-order valence-electron chi connectivity index (χ2n) is 8.34. The summed E-state index contributed by atoms with van der Waals surface area (Å²) >= 11 is 0. The molecule has 32 heavy (non-hydrogen) atoms. The van der Waals surface area contributed by atoms with Crippen LogP contribution in [0.4, 0.5) is 11.6 Å². The van der Waals surface area contributed by atoms with Crippen LogP contribution in [-0.2, 0) is 4.79 Å². The number of fused-ring (bicyclic) bond motifs is 2. The fraction of sp³-hybridized carbons (Fsp3) is 0.273. The molecule has 1 unspecified atom stereocenters. The second kappa shape index (κ2) is 6.87. The maximum Gasteiger partial charge on any atom is 0.243 e. The van der Waals surface area contributed by atoms with Gasteiger partial charge in [-0.2, -0.15) is 9.61 Å². The molecule has 5 heterocycles. The molecule has 0 radical (unpaired) electrons. The van der Waals surface area contributed by atoms with Crippen LogP contribution in [0.5, 0.6) is 0 Å². The number of pyridine rings is 1. The number of para-hydroxylation sites is 1. The molecular weight excluding hydrogens is 408 g/mol. The number of aliphatic hydroxyl groups is 1. The van der Waals surface area contributed by atoms with E-state index in [1.807, 2.05) is 30.5 Å². The molecule has 2 aliphatic rings. The molecule has 0 aliphatic carbocycles. The molecule has 1 aromatic carbocycles. The summed E-state index contributed by atoms with van der Waals surface area (Å²) in [6, 6.07) is 11.8. The molecule has 2 fully saturated rings. The highest BCUT2D eigenvalue weighted by atomic mass is 16.3. The molecule has 10 heteroatoms. The van der Waals surface area contributed by atoms with E-state index in [0.717, 1.165) is 27.8 Å². The lowest BCUT2D eigenvalue weighted by Gasteiger charge is -2.38. The van der Waals surface area contributed by atoms with Gasteiger partial charge in [-0.1, -0.05) is 18.2 Å². The van der Waals surface area contributed by atoms with E-state index < -0.39 is 11.9 Å². The van der Waals surface area contributed by atoms with Crippen molar-refractivity contribution in [2.75, 3.05) is 23.7 Å². The maximum absolute atomic E-state index is 12.3. The molecule has 4 aromatic rings. The topological polar surface area (TPSA) is 134 Å². The first-order chi connectivity index (χ1) is 15.5. The third-order valence-corrected chi connectivity index (χ3v) is 6.44. The predicted molar refractivity (Wildman–Crippen MR) is 120 cm³/mol. The monoisotopic (exact) mass is 430 g/mol. The smallest absolute Gasteiger partial charge is 0.243 e. The second-order valence-corrected chi connectivity index (χ2v) is 8.34. The number of carbonyl (C=O) groups is 1. The van der Waals surface area contributed by atoms with Crippen molar-refractivity contribution in [3.8, 4) is 11.1 Å². The zero-order chi connectivity index (χ0) is 21.9. The highest BCUT2D eigenvalue weighted by Crippen LogP contribution is 2.32. The Bertz CT molecular complexity index is 1360. The number of aromatic nitrogens is 4. The molecule has 0 saturated carbocycles. The Morgan fingerprint density at radius 2 is 1.97 bits per heavy atom. The molecule has 2 saturated heterocycles. The Hall–Kier alpha value is -3.76. The first-order valence-corrected chi connectivity index (χ1v) is 10.5. The number of piperidine rings is 1. The van der Waals surface area contributed by atoms with Gasteiger partial charge in [-0.3, -0.25) is 15.1 Å². The number of aliphatic hydroxyl groups excluding tert-OH is 1. The van der Waals surface area contributed by atoms with Gasteiger partial charge in [0.25, 0.3) is 0 Å². The van der Waals surface area contributed by atoms with Crippen molar-refractivity contribution in [1.82, 2.24) is 30.2 Å². The van der Waals surface area contributed by atoms with Crippen LogP contribution in [0.1, 0.15) is 12.8 Å². The molecule has 1 amide bonds. The lowest BCUT2D eigenvalue weighted by Crippen LogP contribution is -2.55. The minimum absolute atomic E-state index is 0.158. The van der Waals surface area contributed by atoms with Gasteiger partial charge in [0, 0.05) is 41.9 Å². The van der Waals surface area contributed by atoms with Crippen LogP contribution >= 0.6 is 0 Å². The predicted octanol–water partition coefficient (Wildman–Crippen LogP) is 0.861. The summed E-state index contributed by atoms with van der Waals surface area (Å²) in [5.74, 6) is 1.06. The van der Waals surface area contributed by atoms with Crippen molar-refractivity contribution in [3.05, 3.63) is 48.8 Å². The minimum atomic E-state index is -0.996. The van der Waals surface area contributed by atoms with Gasteiger partial charge >= 0.3 is 0 Å². The van der Waals surface area contributed by atoms with Gasteiger partial charge in [0.05, 0.1) is 11.7 Å². The Balaban J connectivity index is 1.35. The zero-order valence-electron chi connectivity index (χ0n) is 17.2. The number of amides is 1. The zero-order valence-corrected chi connectivity index (χ0v) is 17.2. The lowest BCUT2D eigenvalue weighted by molar-refractivity contribution is -0.125. The van der Waals surface area contributed by atoms with Crippen molar-refractivity contribution >= 4 is 34.1 Å². The molecule has 2 aliphatic heterocycles. The fourth-order valence-electron chi connectivity index (χ4n) is 4.67. The Kier molecular flexibility index (Phi) is 4.07. The number of nitrogens with one attached hydrogen (secondary N) is 2. The Morgan fingerprint density at radius 1 is 1.16 bits per heavy atom. The van der Waals surface area contributed by atoms with Crippen molar-refractivity contribution in [2.24, 2.45) is 0 Å². The largest absolute Gasteiger partial charge is 0.383 e. The van der Waals surface area contributed by atoms with E-state index in [1.54, 1.807) is 16.8 Å². The van der Waals surface area contributed by atoms with Crippen molar-refractivity contribution in [3.63, 3.8) is 0 Å². The maximum atomic E-state index is 12.3. The average molecular weight is 430 g/mol. The first kappa shape index (κ1) is 19.0. The van der Waals surface area contributed by atoms with Gasteiger partial charge < -0.3 is 21.1 Å². The molecule has 10 nitrogen and oxygen atoms in total. The van der Waals surface area contributed by atoms with Gasteiger partial charge in [-0.15, -0.1) is 0 Å². The van der Waals surface area contributed by atoms with Crippen molar-refractivity contribution in [1.29, 1.82) is 0 Å². The minimum Gasteiger partial charge on any atom is -0.383 e. The summed E-state index contributed by atoms with van der Waals surface area (Å²) in [4.78, 5) is 23.8. The molecule has 162 valence electrons. The van der Waals surface area contributed by atoms with Crippen LogP contribution in [0.2, 0.25) is 0 Å². The number of benzene rings is 1. The van der Waals surface area contributed by atoms with Crippen LogP contribution in [0.3, 0.4) is 0 Å². The Labute approximate surface area is 183 Å². The highest BCUT2D eigenvalue weighted by Gasteiger charge is 2.47. The van der Waals surface area contributed by atoms with E-state index in [0.29, 0.717) is 37.4 Å². The van der Waals surface area contributed by atoms with E-state index in [9.17, 15) is 9.90 Å². The Morgan fingerprint density at radius 3 is 2.75 bits per heavy atom. The fourth-order valence-corrected chi connectivity index (χ4v) is 4.67. The molecular formula is C22H22N8O2. The SMILES string of the molecule is Nc1cc(N2CCC3(CC2)NC(O)NC3=O)nc2c(-c3cnc4ccccc4c3)cnn12. The van der Waals surface area contributed by atoms with Gasteiger partial charge in [0.2, 0.25) is 5.91 Å². The van der Waals surface area contributed by atoms with E-state index >= 15 is 0 Å². The number of anilines is 2. The van der Waals surface area contributed by atoms with Gasteiger partial charge in [-0.05, 0) is 25.0 Å².